The van der Waals surface area contributed by atoms with Crippen LogP contribution in [0.5, 0.6) is 0 Å². The maximum absolute atomic E-state index is 12.8. The van der Waals surface area contributed by atoms with Crippen LogP contribution < -0.4 is 0 Å². The first-order chi connectivity index (χ1) is 34.0. The predicted molar refractivity (Wildman–Crippen MR) is 297 cm³/mol. The zero-order valence-electron chi connectivity index (χ0n) is 45.0. The van der Waals surface area contributed by atoms with Gasteiger partial charge in [-0.3, -0.25) is 14.4 Å². The van der Waals surface area contributed by atoms with Crippen molar-refractivity contribution >= 4 is 17.9 Å². The number of unbranched alkanes of at least 4 members (excludes halogenated alkanes) is 24. The first kappa shape index (κ1) is 65.3. The molecule has 0 spiro atoms. The van der Waals surface area contributed by atoms with Gasteiger partial charge in [-0.05, 0) is 89.9 Å². The Labute approximate surface area is 426 Å². The van der Waals surface area contributed by atoms with Crippen molar-refractivity contribution in [2.45, 2.75) is 271 Å². The second-order valence-corrected chi connectivity index (χ2v) is 18.8. The third-order valence-corrected chi connectivity index (χ3v) is 12.1. The maximum Gasteiger partial charge on any atom is 0.306 e. The SMILES string of the molecule is CC/C=C\C/C=C\C/C=C\C/C=C\C/C=C\C/C=C\CCC(=O)OC[C@H](COC(=O)CCCCCCCCCCCCCCCCCCC)OC(=O)CCCCCCC/C=C\C/C=C\CCCCC. The van der Waals surface area contributed by atoms with Crippen LogP contribution in [-0.2, 0) is 28.6 Å². The molecule has 0 aliphatic carbocycles. The Bertz CT molecular complexity index is 1380. The number of hydrogen-bond acceptors (Lipinski definition) is 6. The quantitative estimate of drug-likeness (QED) is 0.0262. The van der Waals surface area contributed by atoms with E-state index in [4.69, 9.17) is 14.2 Å². The highest BCUT2D eigenvalue weighted by Gasteiger charge is 2.19. The summed E-state index contributed by atoms with van der Waals surface area (Å²) >= 11 is 0. The van der Waals surface area contributed by atoms with Gasteiger partial charge in [-0.1, -0.05) is 253 Å². The molecule has 0 aromatic carbocycles. The van der Waals surface area contributed by atoms with Gasteiger partial charge >= 0.3 is 17.9 Å². The summed E-state index contributed by atoms with van der Waals surface area (Å²) < 4.78 is 16.8. The number of rotatable bonds is 51. The molecule has 6 nitrogen and oxygen atoms in total. The molecule has 0 aliphatic rings. The summed E-state index contributed by atoms with van der Waals surface area (Å²) in [5, 5.41) is 0. The third-order valence-electron chi connectivity index (χ3n) is 12.1. The molecular weight excluding hydrogens is 853 g/mol. The maximum atomic E-state index is 12.8. The highest BCUT2D eigenvalue weighted by Crippen LogP contribution is 2.15. The zero-order valence-corrected chi connectivity index (χ0v) is 45.0. The van der Waals surface area contributed by atoms with E-state index in [2.05, 4.69) is 112 Å². The predicted octanol–water partition coefficient (Wildman–Crippen LogP) is 19.3. The molecule has 0 saturated carbocycles. The fourth-order valence-electron chi connectivity index (χ4n) is 7.79. The molecule has 0 aromatic rings. The standard InChI is InChI=1S/C63H106O6/c1-4-7-10-13-16-19-22-25-28-30-31-33-36-38-41-44-47-50-53-56-62(65)68-59-60(69-63(66)57-54-51-48-45-42-39-34-27-24-21-18-15-12-9-6-3)58-67-61(64)55-52-49-46-43-40-37-35-32-29-26-23-20-17-14-11-8-5-2/h7,10,16,18-19,21,25,27-28,31,33-34,38,41,47,50,60H,4-6,8-9,11-15,17,20,22-24,26,29-30,32,35-37,39-40,42-46,48-49,51-59H2,1-3H3/b10-7-,19-16-,21-18-,28-25-,33-31-,34-27-,41-38-,50-47-/t60-/m0/s1. The smallest absolute Gasteiger partial charge is 0.306 e. The van der Waals surface area contributed by atoms with Crippen molar-refractivity contribution in [3.63, 3.8) is 0 Å². The van der Waals surface area contributed by atoms with Crippen molar-refractivity contribution in [1.82, 2.24) is 0 Å². The highest BCUT2D eigenvalue weighted by atomic mass is 16.6. The number of allylic oxidation sites excluding steroid dienone is 16. The molecular formula is C63H106O6. The van der Waals surface area contributed by atoms with Gasteiger partial charge in [0, 0.05) is 19.3 Å². The number of carbonyl (C=O) groups is 3. The molecule has 0 saturated heterocycles. The lowest BCUT2D eigenvalue weighted by molar-refractivity contribution is -0.166. The highest BCUT2D eigenvalue weighted by molar-refractivity contribution is 5.71. The molecule has 6 heteroatoms. The third kappa shape index (κ3) is 55.1. The lowest BCUT2D eigenvalue weighted by Crippen LogP contribution is -2.30. The summed E-state index contributed by atoms with van der Waals surface area (Å²) in [6.45, 7) is 6.44. The molecule has 0 rings (SSSR count). The Hall–Kier alpha value is -3.67. The normalized spacial score (nSPS) is 12.8. The van der Waals surface area contributed by atoms with E-state index in [1.807, 2.05) is 6.08 Å². The molecule has 0 heterocycles. The summed E-state index contributed by atoms with van der Waals surface area (Å²) in [7, 11) is 0. The van der Waals surface area contributed by atoms with Crippen LogP contribution in [0, 0.1) is 0 Å². The summed E-state index contributed by atoms with van der Waals surface area (Å²) in [4.78, 5) is 38.1. The Morgan fingerprint density at radius 2 is 0.594 bits per heavy atom. The largest absolute Gasteiger partial charge is 0.462 e. The summed E-state index contributed by atoms with van der Waals surface area (Å²) in [6.07, 6.45) is 75.5. The minimum Gasteiger partial charge on any atom is -0.462 e. The molecule has 0 aromatic heterocycles. The van der Waals surface area contributed by atoms with Gasteiger partial charge in [-0.25, -0.2) is 0 Å². The fraction of sp³-hybridized carbons (Fsp3) is 0.698. The first-order valence-corrected chi connectivity index (χ1v) is 28.7. The first-order valence-electron chi connectivity index (χ1n) is 28.7. The van der Waals surface area contributed by atoms with Crippen molar-refractivity contribution in [2.75, 3.05) is 13.2 Å². The average molecular weight is 960 g/mol. The van der Waals surface area contributed by atoms with E-state index < -0.39 is 6.10 Å². The number of ether oxygens (including phenoxy) is 3. The van der Waals surface area contributed by atoms with Crippen LogP contribution in [0.1, 0.15) is 265 Å². The van der Waals surface area contributed by atoms with Gasteiger partial charge in [-0.15, -0.1) is 0 Å². The molecule has 0 fully saturated rings. The number of hydrogen-bond donors (Lipinski definition) is 0. The number of esters is 3. The van der Waals surface area contributed by atoms with Crippen LogP contribution in [0.15, 0.2) is 97.2 Å². The molecule has 0 unspecified atom stereocenters. The zero-order chi connectivity index (χ0) is 50.0. The lowest BCUT2D eigenvalue weighted by atomic mass is 10.0. The van der Waals surface area contributed by atoms with E-state index in [1.54, 1.807) is 0 Å². The van der Waals surface area contributed by atoms with E-state index in [-0.39, 0.29) is 37.5 Å². The van der Waals surface area contributed by atoms with Crippen LogP contribution in [0.3, 0.4) is 0 Å². The van der Waals surface area contributed by atoms with Gasteiger partial charge in [-0.2, -0.15) is 0 Å². The monoisotopic (exact) mass is 959 g/mol. The topological polar surface area (TPSA) is 78.9 Å². The Balaban J connectivity index is 4.50. The molecule has 0 aliphatic heterocycles. The summed E-state index contributed by atoms with van der Waals surface area (Å²) in [5.41, 5.74) is 0. The second-order valence-electron chi connectivity index (χ2n) is 18.8. The van der Waals surface area contributed by atoms with Crippen molar-refractivity contribution in [3.8, 4) is 0 Å². The average Bonchev–Trinajstić information content (AvgIpc) is 3.35. The van der Waals surface area contributed by atoms with Gasteiger partial charge in [0.25, 0.3) is 0 Å². The van der Waals surface area contributed by atoms with Crippen LogP contribution in [0.2, 0.25) is 0 Å². The molecule has 0 bridgehead atoms. The summed E-state index contributed by atoms with van der Waals surface area (Å²) in [5.74, 6) is -1.00. The minimum atomic E-state index is -0.815. The Morgan fingerprint density at radius 1 is 0.304 bits per heavy atom. The molecule has 0 amide bonds. The van der Waals surface area contributed by atoms with Gasteiger partial charge in [0.15, 0.2) is 6.10 Å². The van der Waals surface area contributed by atoms with Crippen LogP contribution >= 0.6 is 0 Å². The fourth-order valence-corrected chi connectivity index (χ4v) is 7.79. The van der Waals surface area contributed by atoms with Crippen molar-refractivity contribution < 1.29 is 28.6 Å². The van der Waals surface area contributed by atoms with Crippen molar-refractivity contribution in [1.29, 1.82) is 0 Å². The Kier molecular flexibility index (Phi) is 53.9. The molecule has 0 N–H and O–H groups in total. The van der Waals surface area contributed by atoms with Crippen LogP contribution in [0.4, 0.5) is 0 Å². The van der Waals surface area contributed by atoms with E-state index in [9.17, 15) is 14.4 Å². The van der Waals surface area contributed by atoms with Crippen LogP contribution in [0.25, 0.3) is 0 Å². The van der Waals surface area contributed by atoms with Gasteiger partial charge in [0.2, 0.25) is 0 Å². The minimum absolute atomic E-state index is 0.105. The molecule has 394 valence electrons. The van der Waals surface area contributed by atoms with Crippen LogP contribution in [-0.4, -0.2) is 37.2 Å². The lowest BCUT2D eigenvalue weighted by Gasteiger charge is -2.18. The van der Waals surface area contributed by atoms with Gasteiger partial charge in [0.05, 0.1) is 0 Å². The van der Waals surface area contributed by atoms with Gasteiger partial charge < -0.3 is 14.2 Å². The second kappa shape index (κ2) is 56.9. The number of carbonyl (C=O) groups excluding carboxylic acids is 3. The van der Waals surface area contributed by atoms with Crippen molar-refractivity contribution in [2.24, 2.45) is 0 Å². The van der Waals surface area contributed by atoms with E-state index in [0.717, 1.165) is 103 Å². The Morgan fingerprint density at radius 3 is 1.00 bits per heavy atom. The van der Waals surface area contributed by atoms with Crippen molar-refractivity contribution in [3.05, 3.63) is 97.2 Å². The molecule has 0 radical (unpaired) electrons. The van der Waals surface area contributed by atoms with E-state index in [1.165, 1.54) is 116 Å². The van der Waals surface area contributed by atoms with Gasteiger partial charge in [0.1, 0.15) is 13.2 Å². The van der Waals surface area contributed by atoms with E-state index >= 15 is 0 Å². The molecule has 69 heavy (non-hydrogen) atoms. The molecule has 1 atom stereocenters. The van der Waals surface area contributed by atoms with E-state index in [0.29, 0.717) is 19.3 Å². The summed E-state index contributed by atoms with van der Waals surface area (Å²) in [6, 6.07) is 0.